The SMILES string of the molecule is Cc1ccc(-c2ncccn2)c(C(=O)N2C[C@@H]3C[C@@H]3C[C@H]2CNN2C=NC(C(F)(F)F)=CC2)n1. The maximum atomic E-state index is 13.7. The van der Waals surface area contributed by atoms with Crippen molar-refractivity contribution in [1.82, 2.24) is 30.3 Å². The Kier molecular flexibility index (Phi) is 5.80. The Hall–Kier alpha value is -3.34. The number of aryl methyl sites for hydroxylation is 1. The van der Waals surface area contributed by atoms with Crippen LogP contribution in [0, 0.1) is 18.8 Å². The molecule has 2 aliphatic heterocycles. The van der Waals surface area contributed by atoms with Crippen LogP contribution in [0.25, 0.3) is 11.4 Å². The van der Waals surface area contributed by atoms with E-state index in [-0.39, 0.29) is 18.5 Å². The third-order valence-electron chi connectivity index (χ3n) is 6.46. The summed E-state index contributed by atoms with van der Waals surface area (Å²) in [5.74, 6) is 1.31. The van der Waals surface area contributed by atoms with Crippen LogP contribution in [-0.2, 0) is 0 Å². The van der Waals surface area contributed by atoms with E-state index < -0.39 is 11.9 Å². The lowest BCUT2D eigenvalue weighted by Crippen LogP contribution is -2.52. The Balaban J connectivity index is 1.33. The van der Waals surface area contributed by atoms with Gasteiger partial charge in [0.1, 0.15) is 17.7 Å². The molecule has 34 heavy (non-hydrogen) atoms. The molecule has 1 saturated carbocycles. The summed E-state index contributed by atoms with van der Waals surface area (Å²) in [6.07, 6.45) is 2.88. The first-order valence-electron chi connectivity index (χ1n) is 11.2. The fourth-order valence-electron chi connectivity index (χ4n) is 4.55. The van der Waals surface area contributed by atoms with Crippen molar-refractivity contribution in [3.05, 3.63) is 53.8 Å². The Labute approximate surface area is 194 Å². The molecule has 8 nitrogen and oxygen atoms in total. The van der Waals surface area contributed by atoms with Crippen molar-refractivity contribution < 1.29 is 18.0 Å². The van der Waals surface area contributed by atoms with E-state index in [4.69, 9.17) is 0 Å². The molecule has 2 aromatic heterocycles. The highest BCUT2D eigenvalue weighted by Gasteiger charge is 2.47. The molecule has 3 atom stereocenters. The van der Waals surface area contributed by atoms with Crippen molar-refractivity contribution in [1.29, 1.82) is 0 Å². The number of allylic oxidation sites excluding steroid dienone is 1. The number of hydrogen-bond donors (Lipinski definition) is 1. The molecular weight excluding hydrogens is 447 g/mol. The van der Waals surface area contributed by atoms with Crippen molar-refractivity contribution in [3.63, 3.8) is 0 Å². The van der Waals surface area contributed by atoms with E-state index in [2.05, 4.69) is 25.4 Å². The minimum Gasteiger partial charge on any atom is -0.333 e. The van der Waals surface area contributed by atoms with Gasteiger partial charge >= 0.3 is 6.18 Å². The van der Waals surface area contributed by atoms with Gasteiger partial charge in [-0.2, -0.15) is 13.2 Å². The Bertz CT molecular complexity index is 1140. The molecule has 0 unspecified atom stereocenters. The van der Waals surface area contributed by atoms with Gasteiger partial charge in [-0.05, 0) is 55.9 Å². The number of carbonyl (C=O) groups is 1. The Morgan fingerprint density at radius 2 is 1.97 bits per heavy atom. The number of carbonyl (C=O) groups excluding carboxylic acids is 1. The van der Waals surface area contributed by atoms with Crippen molar-refractivity contribution >= 4 is 12.2 Å². The molecule has 1 saturated heterocycles. The van der Waals surface area contributed by atoms with Crippen LogP contribution < -0.4 is 5.43 Å². The smallest absolute Gasteiger partial charge is 0.333 e. The highest BCUT2D eigenvalue weighted by molar-refractivity contribution is 5.98. The quantitative estimate of drug-likeness (QED) is 0.722. The van der Waals surface area contributed by atoms with Crippen molar-refractivity contribution in [2.45, 2.75) is 32.0 Å². The number of amides is 1. The number of alkyl halides is 3. The van der Waals surface area contributed by atoms with E-state index in [1.165, 1.54) is 5.01 Å². The number of nitrogens with zero attached hydrogens (tertiary/aromatic N) is 6. The zero-order valence-electron chi connectivity index (χ0n) is 18.5. The molecule has 11 heteroatoms. The summed E-state index contributed by atoms with van der Waals surface area (Å²) < 4.78 is 38.4. The van der Waals surface area contributed by atoms with E-state index in [0.29, 0.717) is 42.0 Å². The molecule has 1 aliphatic carbocycles. The number of nitrogens with one attached hydrogen (secondary N) is 1. The van der Waals surface area contributed by atoms with Crippen LogP contribution in [0.1, 0.15) is 29.0 Å². The monoisotopic (exact) mass is 471 g/mol. The second-order valence-electron chi connectivity index (χ2n) is 8.87. The normalized spacial score (nSPS) is 24.0. The zero-order valence-corrected chi connectivity index (χ0v) is 18.5. The standard InChI is InChI=1S/C23H24F3N7O/c1-14-3-4-18(21-27-6-2-7-28-21)20(31-14)22(34)33-12-16-9-15(16)10-17(33)11-30-32-8-5-19(29-13-32)23(24,25)26/h2-7,13,15-17,30H,8-12H2,1H3/t15-,16+,17+/m1/s1. The lowest BCUT2D eigenvalue weighted by atomic mass is 10.0. The fourth-order valence-corrected chi connectivity index (χ4v) is 4.55. The van der Waals surface area contributed by atoms with Gasteiger partial charge in [-0.1, -0.05) is 0 Å². The number of fused-ring (bicyclic) bond motifs is 1. The minimum atomic E-state index is -4.46. The van der Waals surface area contributed by atoms with Crippen LogP contribution in [-0.4, -0.2) is 69.0 Å². The van der Waals surface area contributed by atoms with Crippen LogP contribution in [0.4, 0.5) is 13.2 Å². The molecule has 178 valence electrons. The number of likely N-dealkylation sites (tertiary alicyclic amines) is 1. The third-order valence-corrected chi connectivity index (χ3v) is 6.46. The highest BCUT2D eigenvalue weighted by Crippen LogP contribution is 2.47. The highest BCUT2D eigenvalue weighted by atomic mass is 19.4. The van der Waals surface area contributed by atoms with Gasteiger partial charge in [0.15, 0.2) is 5.82 Å². The first-order chi connectivity index (χ1) is 16.3. The zero-order chi connectivity index (χ0) is 23.9. The first-order valence-corrected chi connectivity index (χ1v) is 11.2. The number of hydrazine groups is 1. The molecule has 1 amide bonds. The van der Waals surface area contributed by atoms with Gasteiger partial charge < -0.3 is 4.90 Å². The van der Waals surface area contributed by atoms with Crippen molar-refractivity contribution in [2.75, 3.05) is 19.6 Å². The van der Waals surface area contributed by atoms with Crippen LogP contribution in [0.15, 0.2) is 47.4 Å². The average molecular weight is 471 g/mol. The fraction of sp³-hybridized carbons (Fsp3) is 0.435. The summed E-state index contributed by atoms with van der Waals surface area (Å²) in [6.45, 7) is 2.91. The number of aromatic nitrogens is 3. The molecule has 3 aliphatic rings. The molecule has 1 N–H and O–H groups in total. The maximum absolute atomic E-state index is 13.7. The number of piperidine rings is 1. The topological polar surface area (TPSA) is 86.6 Å². The largest absolute Gasteiger partial charge is 0.433 e. The molecule has 0 radical (unpaired) electrons. The van der Waals surface area contributed by atoms with Gasteiger partial charge in [0.05, 0.1) is 12.1 Å². The van der Waals surface area contributed by atoms with Gasteiger partial charge in [-0.25, -0.2) is 25.4 Å². The third kappa shape index (κ3) is 4.65. The first kappa shape index (κ1) is 22.5. The van der Waals surface area contributed by atoms with Crippen molar-refractivity contribution in [3.8, 4) is 11.4 Å². The van der Waals surface area contributed by atoms with Crippen LogP contribution in [0.5, 0.6) is 0 Å². The van der Waals surface area contributed by atoms with E-state index in [1.807, 2.05) is 24.0 Å². The van der Waals surface area contributed by atoms with Gasteiger partial charge in [-0.3, -0.25) is 9.80 Å². The molecule has 2 fully saturated rings. The van der Waals surface area contributed by atoms with Crippen LogP contribution >= 0.6 is 0 Å². The molecule has 2 aromatic rings. The molecule has 0 aromatic carbocycles. The lowest BCUT2D eigenvalue weighted by Gasteiger charge is -2.37. The molecular formula is C23H24F3N7O. The number of halogens is 3. The second-order valence-corrected chi connectivity index (χ2v) is 8.87. The van der Waals surface area contributed by atoms with E-state index in [1.54, 1.807) is 18.5 Å². The lowest BCUT2D eigenvalue weighted by molar-refractivity contribution is -0.0930. The summed E-state index contributed by atoms with van der Waals surface area (Å²) in [5.41, 5.74) is 3.84. The predicted molar refractivity (Wildman–Crippen MR) is 118 cm³/mol. The van der Waals surface area contributed by atoms with E-state index >= 15 is 0 Å². The maximum Gasteiger partial charge on any atom is 0.433 e. The second kappa shape index (κ2) is 8.79. The van der Waals surface area contributed by atoms with E-state index in [0.717, 1.165) is 31.0 Å². The summed E-state index contributed by atoms with van der Waals surface area (Å²) in [6, 6.07) is 5.23. The molecule has 0 spiro atoms. The van der Waals surface area contributed by atoms with Gasteiger partial charge in [-0.15, -0.1) is 0 Å². The Morgan fingerprint density at radius 3 is 2.68 bits per heavy atom. The predicted octanol–water partition coefficient (Wildman–Crippen LogP) is 2.99. The van der Waals surface area contributed by atoms with E-state index in [9.17, 15) is 18.0 Å². The number of rotatable bonds is 5. The summed E-state index contributed by atoms with van der Waals surface area (Å²) in [5, 5.41) is 1.50. The number of aliphatic imine (C=N–C) groups is 1. The number of pyridine rings is 1. The van der Waals surface area contributed by atoms with Gasteiger partial charge in [0, 0.05) is 37.2 Å². The summed E-state index contributed by atoms with van der Waals surface area (Å²) in [7, 11) is 0. The number of hydrogen-bond acceptors (Lipinski definition) is 7. The summed E-state index contributed by atoms with van der Waals surface area (Å²) in [4.78, 5) is 32.2. The van der Waals surface area contributed by atoms with Crippen molar-refractivity contribution in [2.24, 2.45) is 16.8 Å². The van der Waals surface area contributed by atoms with Gasteiger partial charge in [0.2, 0.25) is 0 Å². The van der Waals surface area contributed by atoms with Gasteiger partial charge in [0.25, 0.3) is 5.91 Å². The van der Waals surface area contributed by atoms with Crippen LogP contribution in [0.3, 0.4) is 0 Å². The molecule has 4 heterocycles. The molecule has 5 rings (SSSR count). The average Bonchev–Trinajstić information content (AvgIpc) is 3.60. The van der Waals surface area contributed by atoms with Crippen LogP contribution in [0.2, 0.25) is 0 Å². The Morgan fingerprint density at radius 1 is 1.18 bits per heavy atom. The molecule has 0 bridgehead atoms. The minimum absolute atomic E-state index is 0.0417. The summed E-state index contributed by atoms with van der Waals surface area (Å²) >= 11 is 0.